The number of benzene rings is 3. The van der Waals surface area contributed by atoms with Gasteiger partial charge in [-0.25, -0.2) is 0 Å². The van der Waals surface area contributed by atoms with E-state index in [-0.39, 0.29) is 5.91 Å². The van der Waals surface area contributed by atoms with E-state index in [2.05, 4.69) is 21.7 Å². The molecule has 0 saturated carbocycles. The van der Waals surface area contributed by atoms with Crippen LogP contribution in [0, 0.1) is 0 Å². The smallest absolute Gasteiger partial charge is 0.224 e. The highest BCUT2D eigenvalue weighted by atomic mass is 16.5. The van der Waals surface area contributed by atoms with E-state index in [4.69, 9.17) is 4.74 Å². The lowest BCUT2D eigenvalue weighted by Crippen LogP contribution is -2.13. The summed E-state index contributed by atoms with van der Waals surface area (Å²) in [7, 11) is 1.64. The standard InChI is InChI=1S/C24H23N3O2/c1-29-19-13-11-18(12-14-19)26-22-8-4-5-9-23(22)27-24(28)15-10-17-16-25-21-7-3-2-6-20(17)21/h2-9,11-14,16,25-26H,10,15H2,1H3,(H,27,28). The first-order valence-corrected chi connectivity index (χ1v) is 9.58. The van der Waals surface area contributed by atoms with E-state index < -0.39 is 0 Å². The number of hydrogen-bond donors (Lipinski definition) is 3. The molecule has 3 aromatic carbocycles. The van der Waals surface area contributed by atoms with Crippen molar-refractivity contribution < 1.29 is 9.53 Å². The first-order valence-electron chi connectivity index (χ1n) is 9.58. The number of H-pyrrole nitrogens is 1. The molecule has 4 aromatic rings. The monoisotopic (exact) mass is 385 g/mol. The number of hydrogen-bond acceptors (Lipinski definition) is 3. The third-order valence-electron chi connectivity index (χ3n) is 4.87. The van der Waals surface area contributed by atoms with Crippen molar-refractivity contribution in [2.75, 3.05) is 17.7 Å². The molecule has 146 valence electrons. The molecule has 0 spiro atoms. The van der Waals surface area contributed by atoms with Crippen LogP contribution in [0.15, 0.2) is 79.0 Å². The Balaban J connectivity index is 1.41. The number of carbonyl (C=O) groups excluding carboxylic acids is 1. The second-order valence-corrected chi connectivity index (χ2v) is 6.81. The molecule has 0 unspecified atom stereocenters. The third kappa shape index (κ3) is 4.41. The highest BCUT2D eigenvalue weighted by Gasteiger charge is 2.09. The topological polar surface area (TPSA) is 66.2 Å². The van der Waals surface area contributed by atoms with Gasteiger partial charge in [-0.2, -0.15) is 0 Å². The second-order valence-electron chi connectivity index (χ2n) is 6.81. The lowest BCUT2D eigenvalue weighted by atomic mass is 10.1. The van der Waals surface area contributed by atoms with Gasteiger partial charge >= 0.3 is 0 Å². The summed E-state index contributed by atoms with van der Waals surface area (Å²) < 4.78 is 5.19. The number of fused-ring (bicyclic) bond motifs is 1. The third-order valence-corrected chi connectivity index (χ3v) is 4.87. The summed E-state index contributed by atoms with van der Waals surface area (Å²) in [6.07, 6.45) is 3.08. The van der Waals surface area contributed by atoms with E-state index >= 15 is 0 Å². The number of rotatable bonds is 7. The van der Waals surface area contributed by atoms with Gasteiger partial charge in [0.25, 0.3) is 0 Å². The van der Waals surface area contributed by atoms with E-state index in [1.807, 2.05) is 72.9 Å². The number of anilines is 3. The minimum atomic E-state index is -0.0146. The number of carbonyl (C=O) groups is 1. The van der Waals surface area contributed by atoms with Crippen molar-refractivity contribution in [2.45, 2.75) is 12.8 Å². The highest BCUT2D eigenvalue weighted by Crippen LogP contribution is 2.27. The van der Waals surface area contributed by atoms with Gasteiger partial charge in [-0.1, -0.05) is 30.3 Å². The first kappa shape index (κ1) is 18.6. The van der Waals surface area contributed by atoms with Crippen molar-refractivity contribution in [3.8, 4) is 5.75 Å². The molecular weight excluding hydrogens is 362 g/mol. The molecule has 0 radical (unpaired) electrons. The Hall–Kier alpha value is -3.73. The molecule has 0 aliphatic carbocycles. The van der Waals surface area contributed by atoms with E-state index in [0.29, 0.717) is 12.8 Å². The number of amides is 1. The maximum atomic E-state index is 12.6. The Labute approximate surface area is 169 Å². The van der Waals surface area contributed by atoms with Crippen LogP contribution in [0.3, 0.4) is 0 Å². The summed E-state index contributed by atoms with van der Waals surface area (Å²) in [5.41, 5.74) is 4.77. The van der Waals surface area contributed by atoms with Crippen molar-refractivity contribution in [3.63, 3.8) is 0 Å². The highest BCUT2D eigenvalue weighted by molar-refractivity contribution is 5.95. The van der Waals surface area contributed by atoms with Gasteiger partial charge in [0.2, 0.25) is 5.91 Å². The SMILES string of the molecule is COc1ccc(Nc2ccccc2NC(=O)CCc2c[nH]c3ccccc23)cc1. The maximum Gasteiger partial charge on any atom is 0.224 e. The fourth-order valence-corrected chi connectivity index (χ4v) is 3.33. The molecule has 0 atom stereocenters. The van der Waals surface area contributed by atoms with Crippen molar-refractivity contribution in [2.24, 2.45) is 0 Å². The van der Waals surface area contributed by atoms with Gasteiger partial charge in [0.1, 0.15) is 5.75 Å². The van der Waals surface area contributed by atoms with E-state index in [0.717, 1.165) is 33.9 Å². The fraction of sp³-hybridized carbons (Fsp3) is 0.125. The van der Waals surface area contributed by atoms with Crippen molar-refractivity contribution in [3.05, 3.63) is 84.6 Å². The van der Waals surface area contributed by atoms with Gasteiger partial charge in [-0.3, -0.25) is 4.79 Å². The number of methoxy groups -OCH3 is 1. The van der Waals surface area contributed by atoms with Crippen LogP contribution in [0.2, 0.25) is 0 Å². The molecule has 3 N–H and O–H groups in total. The van der Waals surface area contributed by atoms with Gasteiger partial charge in [0.15, 0.2) is 0 Å². The van der Waals surface area contributed by atoms with Gasteiger partial charge in [0, 0.05) is 29.2 Å². The number of aromatic nitrogens is 1. The Morgan fingerprint density at radius 3 is 2.45 bits per heavy atom. The summed E-state index contributed by atoms with van der Waals surface area (Å²) in [5, 5.41) is 7.54. The van der Waals surface area contributed by atoms with Gasteiger partial charge in [-0.15, -0.1) is 0 Å². The minimum Gasteiger partial charge on any atom is -0.497 e. The zero-order valence-electron chi connectivity index (χ0n) is 16.2. The van der Waals surface area contributed by atoms with Gasteiger partial charge in [0.05, 0.1) is 18.5 Å². The van der Waals surface area contributed by atoms with Gasteiger partial charge in [-0.05, 0) is 54.4 Å². The predicted molar refractivity (Wildman–Crippen MR) is 118 cm³/mol. The Kier molecular flexibility index (Phi) is 5.47. The summed E-state index contributed by atoms with van der Waals surface area (Å²) >= 11 is 0. The number of nitrogens with one attached hydrogen (secondary N) is 3. The van der Waals surface area contributed by atoms with Crippen LogP contribution in [0.5, 0.6) is 5.75 Å². The molecular formula is C24H23N3O2. The van der Waals surface area contributed by atoms with Crippen LogP contribution < -0.4 is 15.4 Å². The summed E-state index contributed by atoms with van der Waals surface area (Å²) in [6.45, 7) is 0. The molecule has 5 nitrogen and oxygen atoms in total. The van der Waals surface area contributed by atoms with Crippen LogP contribution in [0.1, 0.15) is 12.0 Å². The lowest BCUT2D eigenvalue weighted by Gasteiger charge is -2.13. The molecule has 0 bridgehead atoms. The number of para-hydroxylation sites is 3. The lowest BCUT2D eigenvalue weighted by molar-refractivity contribution is -0.116. The summed E-state index contributed by atoms with van der Waals surface area (Å²) in [4.78, 5) is 15.8. The molecule has 0 saturated heterocycles. The average molecular weight is 385 g/mol. The molecule has 1 heterocycles. The largest absolute Gasteiger partial charge is 0.497 e. The molecule has 5 heteroatoms. The molecule has 0 aliphatic rings. The predicted octanol–water partition coefficient (Wildman–Crippen LogP) is 5.49. The average Bonchev–Trinajstić information content (AvgIpc) is 3.17. The van der Waals surface area contributed by atoms with Crippen molar-refractivity contribution >= 4 is 33.9 Å². The van der Waals surface area contributed by atoms with Crippen LogP contribution in [0.4, 0.5) is 17.1 Å². The molecule has 0 aliphatic heterocycles. The van der Waals surface area contributed by atoms with Crippen LogP contribution in [-0.4, -0.2) is 18.0 Å². The van der Waals surface area contributed by atoms with E-state index in [1.54, 1.807) is 7.11 Å². The van der Waals surface area contributed by atoms with Crippen LogP contribution in [0.25, 0.3) is 10.9 Å². The van der Waals surface area contributed by atoms with Crippen molar-refractivity contribution in [1.82, 2.24) is 4.98 Å². The van der Waals surface area contributed by atoms with Crippen LogP contribution >= 0.6 is 0 Å². The zero-order valence-corrected chi connectivity index (χ0v) is 16.2. The molecule has 4 rings (SSSR count). The Bertz CT molecular complexity index is 1120. The van der Waals surface area contributed by atoms with Gasteiger partial charge < -0.3 is 20.4 Å². The minimum absolute atomic E-state index is 0.0146. The normalized spacial score (nSPS) is 10.7. The summed E-state index contributed by atoms with van der Waals surface area (Å²) in [6, 6.07) is 23.5. The van der Waals surface area contributed by atoms with Crippen molar-refractivity contribution in [1.29, 1.82) is 0 Å². The Morgan fingerprint density at radius 2 is 1.66 bits per heavy atom. The molecule has 1 amide bonds. The first-order chi connectivity index (χ1) is 14.2. The number of ether oxygens (including phenoxy) is 1. The quantitative estimate of drug-likeness (QED) is 0.394. The zero-order chi connectivity index (χ0) is 20.1. The van der Waals surface area contributed by atoms with E-state index in [9.17, 15) is 4.79 Å². The number of aromatic amines is 1. The van der Waals surface area contributed by atoms with Crippen LogP contribution in [-0.2, 0) is 11.2 Å². The maximum absolute atomic E-state index is 12.6. The molecule has 0 fully saturated rings. The number of aryl methyl sites for hydroxylation is 1. The Morgan fingerprint density at radius 1 is 0.931 bits per heavy atom. The molecule has 29 heavy (non-hydrogen) atoms. The second kappa shape index (κ2) is 8.52. The van der Waals surface area contributed by atoms with E-state index in [1.165, 1.54) is 5.39 Å². The molecule has 1 aromatic heterocycles. The fourth-order valence-electron chi connectivity index (χ4n) is 3.33. The summed E-state index contributed by atoms with van der Waals surface area (Å²) in [5.74, 6) is 0.786.